The molecule has 23 heavy (non-hydrogen) atoms. The first kappa shape index (κ1) is 16.0. The van der Waals surface area contributed by atoms with E-state index in [-0.39, 0.29) is 11.1 Å². The largest absolute Gasteiger partial charge is 0.223 e. The molecule has 1 aliphatic carbocycles. The van der Waals surface area contributed by atoms with Gasteiger partial charge in [0.15, 0.2) is 0 Å². The van der Waals surface area contributed by atoms with Crippen LogP contribution in [0.4, 0.5) is 13.2 Å². The van der Waals surface area contributed by atoms with E-state index in [1.165, 1.54) is 31.4 Å². The fourth-order valence-corrected chi connectivity index (χ4v) is 3.52. The highest BCUT2D eigenvalue weighted by Gasteiger charge is 2.22. The molecule has 1 aliphatic rings. The van der Waals surface area contributed by atoms with Crippen molar-refractivity contribution in [2.24, 2.45) is 5.92 Å². The number of halogens is 3. The lowest BCUT2D eigenvalue weighted by molar-refractivity contribution is 0.318. The van der Waals surface area contributed by atoms with Crippen molar-refractivity contribution in [2.45, 2.75) is 44.9 Å². The highest BCUT2D eigenvalue weighted by Crippen LogP contribution is 2.38. The van der Waals surface area contributed by atoms with Gasteiger partial charge in [0.1, 0.15) is 5.82 Å². The van der Waals surface area contributed by atoms with Gasteiger partial charge >= 0.3 is 0 Å². The van der Waals surface area contributed by atoms with E-state index in [1.807, 2.05) is 6.07 Å². The molecule has 1 heterocycles. The maximum Gasteiger partial charge on any atom is 0.223 e. The predicted octanol–water partition coefficient (Wildman–Crippen LogP) is 5.85. The molecule has 1 fully saturated rings. The molecule has 122 valence electrons. The maximum atomic E-state index is 14.4. The molecule has 1 saturated carbocycles. The summed E-state index contributed by atoms with van der Waals surface area (Å²) in [6.45, 7) is 2.21. The molecule has 3 rings (SSSR count). The number of aromatic nitrogens is 1. The molecule has 1 nitrogen and oxygen atoms in total. The third-order valence-electron chi connectivity index (χ3n) is 4.99. The molecule has 0 aliphatic heterocycles. The summed E-state index contributed by atoms with van der Waals surface area (Å²) in [7, 11) is 0. The van der Waals surface area contributed by atoms with Crippen LogP contribution in [0.2, 0.25) is 0 Å². The van der Waals surface area contributed by atoms with Gasteiger partial charge in [-0.05, 0) is 61.3 Å². The summed E-state index contributed by atoms with van der Waals surface area (Å²) < 4.78 is 41.0. The lowest BCUT2D eigenvalue weighted by Crippen LogP contribution is -2.12. The first-order valence-electron chi connectivity index (χ1n) is 8.20. The van der Waals surface area contributed by atoms with Crippen molar-refractivity contribution in [1.82, 2.24) is 4.98 Å². The monoisotopic (exact) mass is 319 g/mol. The Labute approximate surface area is 134 Å². The van der Waals surface area contributed by atoms with Gasteiger partial charge in [0.2, 0.25) is 11.9 Å². The van der Waals surface area contributed by atoms with Crippen LogP contribution in [0.1, 0.15) is 50.5 Å². The van der Waals surface area contributed by atoms with E-state index < -0.39 is 17.7 Å². The quantitative estimate of drug-likeness (QED) is 0.647. The zero-order chi connectivity index (χ0) is 16.4. The minimum atomic E-state index is -0.986. The molecule has 0 radical (unpaired) electrons. The summed E-state index contributed by atoms with van der Waals surface area (Å²) >= 11 is 0. The van der Waals surface area contributed by atoms with Gasteiger partial charge in [-0.3, -0.25) is 0 Å². The van der Waals surface area contributed by atoms with Crippen LogP contribution < -0.4 is 0 Å². The van der Waals surface area contributed by atoms with Crippen LogP contribution in [0.15, 0.2) is 30.3 Å². The fraction of sp³-hybridized carbons (Fsp3) is 0.421. The minimum absolute atomic E-state index is 0.00913. The summed E-state index contributed by atoms with van der Waals surface area (Å²) in [6.07, 6.45) is 5.71. The van der Waals surface area contributed by atoms with Crippen LogP contribution in [0.5, 0.6) is 0 Å². The second kappa shape index (κ2) is 6.73. The molecule has 0 atom stereocenters. The van der Waals surface area contributed by atoms with Crippen LogP contribution in [0.3, 0.4) is 0 Å². The number of benzene rings is 1. The number of hydrogen-bond donors (Lipinski definition) is 0. The number of nitrogens with zero attached hydrogens (tertiary/aromatic N) is 1. The smallest absolute Gasteiger partial charge is 0.206 e. The van der Waals surface area contributed by atoms with Crippen LogP contribution >= 0.6 is 0 Å². The van der Waals surface area contributed by atoms with E-state index in [0.29, 0.717) is 5.92 Å². The molecule has 0 N–H and O–H groups in total. The number of pyridine rings is 1. The Morgan fingerprint density at radius 1 is 0.957 bits per heavy atom. The summed E-state index contributed by atoms with van der Waals surface area (Å²) in [6, 6.07) is 7.20. The third kappa shape index (κ3) is 3.41. The molecular weight excluding hydrogens is 299 g/mol. The number of hydrogen-bond acceptors (Lipinski definition) is 1. The highest BCUT2D eigenvalue weighted by atomic mass is 19.1. The molecule has 2 aromatic rings. The lowest BCUT2D eigenvalue weighted by atomic mass is 9.77. The lowest BCUT2D eigenvalue weighted by Gasteiger charge is -2.28. The van der Waals surface area contributed by atoms with Crippen LogP contribution in [-0.2, 0) is 0 Å². The first-order chi connectivity index (χ1) is 11.1. The molecule has 0 unspecified atom stereocenters. The Bertz CT molecular complexity index is 691. The van der Waals surface area contributed by atoms with Gasteiger partial charge in [-0.15, -0.1) is 0 Å². The van der Waals surface area contributed by atoms with E-state index in [1.54, 1.807) is 6.07 Å². The van der Waals surface area contributed by atoms with Crippen molar-refractivity contribution in [1.29, 1.82) is 0 Å². The van der Waals surface area contributed by atoms with Gasteiger partial charge in [-0.1, -0.05) is 25.5 Å². The average Bonchev–Trinajstić information content (AvgIpc) is 2.55. The molecular formula is C19H20F3N. The van der Waals surface area contributed by atoms with E-state index in [4.69, 9.17) is 0 Å². The van der Waals surface area contributed by atoms with Crippen molar-refractivity contribution in [3.05, 3.63) is 53.6 Å². The topological polar surface area (TPSA) is 12.9 Å². The Kier molecular flexibility index (Phi) is 4.69. The predicted molar refractivity (Wildman–Crippen MR) is 84.5 cm³/mol. The van der Waals surface area contributed by atoms with Gasteiger partial charge in [-0.2, -0.15) is 13.8 Å². The molecule has 0 spiro atoms. The van der Waals surface area contributed by atoms with E-state index >= 15 is 0 Å². The summed E-state index contributed by atoms with van der Waals surface area (Å²) in [5.41, 5.74) is 1.09. The van der Waals surface area contributed by atoms with Crippen LogP contribution in [0, 0.1) is 23.6 Å². The van der Waals surface area contributed by atoms with Gasteiger partial charge in [0, 0.05) is 11.1 Å². The summed E-state index contributed by atoms with van der Waals surface area (Å²) in [5.74, 6) is -1.21. The standard InChI is InChI=1S/C19H20F3N/c1-2-12-3-5-13(6-4-12)14-7-8-15(17(20)11-14)16-9-10-18(21)23-19(16)22/h7-13H,2-6H2,1H3/t12-,13-. The van der Waals surface area contributed by atoms with Gasteiger partial charge < -0.3 is 0 Å². The van der Waals surface area contributed by atoms with Crippen LogP contribution in [-0.4, -0.2) is 4.98 Å². The average molecular weight is 319 g/mol. The van der Waals surface area contributed by atoms with E-state index in [9.17, 15) is 13.2 Å². The minimum Gasteiger partial charge on any atom is -0.206 e. The third-order valence-corrected chi connectivity index (χ3v) is 4.99. The van der Waals surface area contributed by atoms with Crippen molar-refractivity contribution in [3.8, 4) is 11.1 Å². The van der Waals surface area contributed by atoms with E-state index in [0.717, 1.165) is 30.4 Å². The first-order valence-corrected chi connectivity index (χ1v) is 8.20. The SMILES string of the molecule is CC[C@H]1CC[C@H](c2ccc(-c3ccc(F)nc3F)c(F)c2)CC1. The Hall–Kier alpha value is -1.84. The Morgan fingerprint density at radius 3 is 2.26 bits per heavy atom. The molecule has 0 amide bonds. The summed E-state index contributed by atoms with van der Waals surface area (Å²) in [4.78, 5) is 3.12. The normalized spacial score (nSPS) is 21.4. The summed E-state index contributed by atoms with van der Waals surface area (Å²) in [5, 5.41) is 0. The molecule has 0 saturated heterocycles. The molecule has 1 aromatic carbocycles. The second-order valence-corrected chi connectivity index (χ2v) is 6.34. The molecule has 1 aromatic heterocycles. The second-order valence-electron chi connectivity index (χ2n) is 6.34. The number of rotatable bonds is 3. The van der Waals surface area contributed by atoms with Crippen molar-refractivity contribution >= 4 is 0 Å². The van der Waals surface area contributed by atoms with Gasteiger partial charge in [0.05, 0.1) is 0 Å². The van der Waals surface area contributed by atoms with Gasteiger partial charge in [0.25, 0.3) is 0 Å². The van der Waals surface area contributed by atoms with Crippen molar-refractivity contribution in [3.63, 3.8) is 0 Å². The molecule has 0 bridgehead atoms. The van der Waals surface area contributed by atoms with E-state index in [2.05, 4.69) is 11.9 Å². The Morgan fingerprint density at radius 2 is 1.65 bits per heavy atom. The van der Waals surface area contributed by atoms with Crippen LogP contribution in [0.25, 0.3) is 11.1 Å². The zero-order valence-electron chi connectivity index (χ0n) is 13.2. The highest BCUT2D eigenvalue weighted by molar-refractivity contribution is 5.64. The molecule has 4 heteroatoms. The zero-order valence-corrected chi connectivity index (χ0v) is 13.2. The van der Waals surface area contributed by atoms with Crippen molar-refractivity contribution in [2.75, 3.05) is 0 Å². The maximum absolute atomic E-state index is 14.4. The van der Waals surface area contributed by atoms with Crippen molar-refractivity contribution < 1.29 is 13.2 Å². The fourth-order valence-electron chi connectivity index (χ4n) is 3.52. The Balaban J connectivity index is 1.84. The van der Waals surface area contributed by atoms with Gasteiger partial charge in [-0.25, -0.2) is 4.39 Å².